The monoisotopic (exact) mass is 543 g/mol. The molecule has 5 N–H and O–H groups in total. The molecule has 38 heavy (non-hydrogen) atoms. The molecule has 200 valence electrons. The summed E-state index contributed by atoms with van der Waals surface area (Å²) in [6.45, 7) is 1.33. The first-order valence-electron chi connectivity index (χ1n) is 11.1. The summed E-state index contributed by atoms with van der Waals surface area (Å²) in [6, 6.07) is 7.59. The maximum absolute atomic E-state index is 12.8. The molecule has 14 heteroatoms. The largest absolute Gasteiger partial charge is 0.508 e. The molecule has 3 aromatic rings. The van der Waals surface area contributed by atoms with Gasteiger partial charge in [-0.1, -0.05) is 12.1 Å². The molecule has 0 saturated carbocycles. The first-order valence-corrected chi connectivity index (χ1v) is 11.9. The van der Waals surface area contributed by atoms with Crippen molar-refractivity contribution >= 4 is 35.0 Å². The number of methoxy groups -OCH3 is 2. The Morgan fingerprint density at radius 2 is 1.76 bits per heavy atom. The van der Waals surface area contributed by atoms with E-state index in [1.165, 1.54) is 38.5 Å². The molecular formula is C24H25N5O8S. The Kier molecular flexibility index (Phi) is 9.16. The van der Waals surface area contributed by atoms with Gasteiger partial charge in [0.15, 0.2) is 0 Å². The lowest BCUT2D eigenvalue weighted by Crippen LogP contribution is -2.48. The molecule has 2 heterocycles. The van der Waals surface area contributed by atoms with Gasteiger partial charge in [-0.15, -0.1) is 11.3 Å². The number of nitrogens with one attached hydrogen (secondary N) is 3. The molecule has 0 saturated heterocycles. The van der Waals surface area contributed by atoms with Crippen LogP contribution in [0, 0.1) is 6.92 Å². The molecule has 0 radical (unpaired) electrons. The fraction of sp³-hybridized carbons (Fsp3) is 0.250. The SMILES string of the molecule is COc1cc(C(=O)NC[C@H](NC(=O)c2sc(C(=O)NCc3cccc(O)c3)cc2C)C(=O)O)nc(OC)n1. The number of nitrogens with zero attached hydrogens (tertiary/aromatic N) is 2. The molecule has 2 aromatic heterocycles. The van der Waals surface area contributed by atoms with Gasteiger partial charge in [-0.25, -0.2) is 4.79 Å². The van der Waals surface area contributed by atoms with E-state index in [0.29, 0.717) is 11.1 Å². The second-order valence-electron chi connectivity index (χ2n) is 7.83. The Morgan fingerprint density at radius 1 is 1.00 bits per heavy atom. The number of carbonyl (C=O) groups is 4. The maximum Gasteiger partial charge on any atom is 0.328 e. The van der Waals surface area contributed by atoms with Crippen LogP contribution in [-0.2, 0) is 11.3 Å². The summed E-state index contributed by atoms with van der Waals surface area (Å²) in [5, 5.41) is 26.6. The molecule has 1 atom stereocenters. The van der Waals surface area contributed by atoms with Crippen molar-refractivity contribution in [2.45, 2.75) is 19.5 Å². The molecule has 0 fully saturated rings. The number of aromatic hydroxyl groups is 1. The van der Waals surface area contributed by atoms with E-state index < -0.39 is 36.3 Å². The quantitative estimate of drug-likeness (QED) is 0.234. The van der Waals surface area contributed by atoms with Crippen molar-refractivity contribution in [3.63, 3.8) is 0 Å². The summed E-state index contributed by atoms with van der Waals surface area (Å²) >= 11 is 0.899. The van der Waals surface area contributed by atoms with Crippen LogP contribution < -0.4 is 25.4 Å². The first-order chi connectivity index (χ1) is 18.1. The summed E-state index contributed by atoms with van der Waals surface area (Å²) in [5.74, 6) is -3.12. The molecular weight excluding hydrogens is 518 g/mol. The number of carboxylic acid groups (broad SMARTS) is 1. The summed E-state index contributed by atoms with van der Waals surface area (Å²) in [6.07, 6.45) is 0. The number of aromatic nitrogens is 2. The van der Waals surface area contributed by atoms with E-state index in [4.69, 9.17) is 9.47 Å². The summed E-state index contributed by atoms with van der Waals surface area (Å²) in [4.78, 5) is 57.8. The Hall–Kier alpha value is -4.72. The lowest BCUT2D eigenvalue weighted by Gasteiger charge is -2.15. The van der Waals surface area contributed by atoms with Crippen molar-refractivity contribution < 1.29 is 38.9 Å². The van der Waals surface area contributed by atoms with Crippen LogP contribution in [-0.4, -0.2) is 70.7 Å². The highest BCUT2D eigenvalue weighted by molar-refractivity contribution is 7.16. The van der Waals surface area contributed by atoms with E-state index in [9.17, 15) is 29.4 Å². The zero-order chi connectivity index (χ0) is 27.8. The smallest absolute Gasteiger partial charge is 0.328 e. The zero-order valence-corrected chi connectivity index (χ0v) is 21.4. The van der Waals surface area contributed by atoms with Crippen molar-refractivity contribution in [1.29, 1.82) is 0 Å². The summed E-state index contributed by atoms with van der Waals surface area (Å²) < 4.78 is 9.90. The Balaban J connectivity index is 1.63. The number of ether oxygens (including phenoxy) is 2. The first kappa shape index (κ1) is 27.9. The van der Waals surface area contributed by atoms with E-state index in [1.54, 1.807) is 19.1 Å². The highest BCUT2D eigenvalue weighted by atomic mass is 32.1. The van der Waals surface area contributed by atoms with E-state index in [-0.39, 0.29) is 39.6 Å². The van der Waals surface area contributed by atoms with Gasteiger partial charge in [0.25, 0.3) is 17.7 Å². The van der Waals surface area contributed by atoms with E-state index >= 15 is 0 Å². The molecule has 0 aliphatic rings. The lowest BCUT2D eigenvalue weighted by atomic mass is 10.2. The van der Waals surface area contributed by atoms with E-state index in [0.717, 1.165) is 11.3 Å². The molecule has 0 aliphatic heterocycles. The van der Waals surface area contributed by atoms with Crippen molar-refractivity contribution in [1.82, 2.24) is 25.9 Å². The Bertz CT molecular complexity index is 1340. The predicted octanol–water partition coefficient (Wildman–Crippen LogP) is 1.11. The van der Waals surface area contributed by atoms with Crippen LogP contribution in [0.15, 0.2) is 36.4 Å². The minimum Gasteiger partial charge on any atom is -0.508 e. The normalized spacial score (nSPS) is 11.2. The van der Waals surface area contributed by atoms with Crippen LogP contribution >= 0.6 is 11.3 Å². The van der Waals surface area contributed by atoms with Crippen molar-refractivity contribution in [2.75, 3.05) is 20.8 Å². The number of amides is 3. The second kappa shape index (κ2) is 12.5. The third kappa shape index (κ3) is 7.16. The number of hydrogen-bond acceptors (Lipinski definition) is 10. The number of aliphatic carboxylic acids is 1. The fourth-order valence-electron chi connectivity index (χ4n) is 3.18. The summed E-state index contributed by atoms with van der Waals surface area (Å²) in [7, 11) is 2.65. The van der Waals surface area contributed by atoms with Crippen LogP contribution in [0.1, 0.15) is 41.0 Å². The minimum atomic E-state index is -1.47. The number of phenolic OH excluding ortho intramolecular Hbond substituents is 1. The Labute approximate surface area is 220 Å². The van der Waals surface area contributed by atoms with Crippen LogP contribution in [0.5, 0.6) is 17.6 Å². The van der Waals surface area contributed by atoms with Crippen molar-refractivity contribution in [2.24, 2.45) is 0 Å². The van der Waals surface area contributed by atoms with Gasteiger partial charge in [-0.3, -0.25) is 14.4 Å². The van der Waals surface area contributed by atoms with Crippen molar-refractivity contribution in [3.8, 4) is 17.6 Å². The fourth-order valence-corrected chi connectivity index (χ4v) is 4.17. The number of phenols is 1. The van der Waals surface area contributed by atoms with Gasteiger partial charge < -0.3 is 35.6 Å². The molecule has 0 aliphatic carbocycles. The lowest BCUT2D eigenvalue weighted by molar-refractivity contribution is -0.139. The average molecular weight is 544 g/mol. The van der Waals surface area contributed by atoms with Gasteiger partial charge in [-0.2, -0.15) is 9.97 Å². The van der Waals surface area contributed by atoms with Gasteiger partial charge in [-0.05, 0) is 36.2 Å². The van der Waals surface area contributed by atoms with Gasteiger partial charge >= 0.3 is 12.0 Å². The number of carbonyl (C=O) groups excluding carboxylic acids is 3. The molecule has 0 bridgehead atoms. The van der Waals surface area contributed by atoms with E-state index in [1.807, 2.05) is 0 Å². The minimum absolute atomic E-state index is 0.0695. The molecule has 0 unspecified atom stereocenters. The molecule has 3 rings (SSSR count). The number of rotatable bonds is 11. The van der Waals surface area contributed by atoms with E-state index in [2.05, 4.69) is 25.9 Å². The van der Waals surface area contributed by atoms with Crippen molar-refractivity contribution in [3.05, 3.63) is 63.0 Å². The third-order valence-corrected chi connectivity index (χ3v) is 6.32. The number of aryl methyl sites for hydroxylation is 1. The predicted molar refractivity (Wildman–Crippen MR) is 135 cm³/mol. The Morgan fingerprint density at radius 3 is 2.42 bits per heavy atom. The number of thiophene rings is 1. The molecule has 3 amide bonds. The maximum atomic E-state index is 12.8. The zero-order valence-electron chi connectivity index (χ0n) is 20.6. The van der Waals surface area contributed by atoms with Crippen LogP contribution in [0.2, 0.25) is 0 Å². The third-order valence-electron chi connectivity index (χ3n) is 5.09. The highest BCUT2D eigenvalue weighted by Crippen LogP contribution is 2.22. The van der Waals surface area contributed by atoms with Crippen LogP contribution in [0.3, 0.4) is 0 Å². The standard InChI is InChI=1S/C24H25N5O8S/c1-12-7-17(21(32)25-10-13-5-4-6-14(30)8-13)38-19(12)22(33)27-16(23(34)35)11-26-20(31)15-9-18(36-2)29-24(28-15)37-3/h4-9,16,30H,10-11H2,1-3H3,(H,25,32)(H,26,31)(H,27,33)(H,34,35)/t16-/m0/s1. The van der Waals surface area contributed by atoms with Gasteiger partial charge in [0.05, 0.1) is 24.0 Å². The average Bonchev–Trinajstić information content (AvgIpc) is 3.30. The van der Waals surface area contributed by atoms with Gasteiger partial charge in [0.2, 0.25) is 5.88 Å². The molecule has 1 aromatic carbocycles. The van der Waals surface area contributed by atoms with Crippen LogP contribution in [0.25, 0.3) is 0 Å². The molecule has 13 nitrogen and oxygen atoms in total. The number of hydrogen-bond donors (Lipinski definition) is 5. The topological polar surface area (TPSA) is 189 Å². The number of benzene rings is 1. The van der Waals surface area contributed by atoms with Crippen LogP contribution in [0.4, 0.5) is 0 Å². The van der Waals surface area contributed by atoms with Gasteiger partial charge in [0.1, 0.15) is 17.5 Å². The second-order valence-corrected chi connectivity index (χ2v) is 8.88. The number of carboxylic acids is 1. The summed E-state index contributed by atoms with van der Waals surface area (Å²) in [5.41, 5.74) is 1.04. The molecule has 0 spiro atoms. The van der Waals surface area contributed by atoms with Gasteiger partial charge in [0, 0.05) is 19.2 Å². The highest BCUT2D eigenvalue weighted by Gasteiger charge is 2.25.